The first-order valence-electron chi connectivity index (χ1n) is 5.10. The third kappa shape index (κ3) is 5.34. The Balaban J connectivity index is 2.18. The van der Waals surface area contributed by atoms with Crippen LogP contribution in [0.3, 0.4) is 0 Å². The van der Waals surface area contributed by atoms with Crippen LogP contribution in [0.5, 0.6) is 0 Å². The lowest BCUT2D eigenvalue weighted by Crippen LogP contribution is -2.43. The van der Waals surface area contributed by atoms with Crippen molar-refractivity contribution >= 4 is 34.7 Å². The molecule has 0 aliphatic carbocycles. The maximum absolute atomic E-state index is 11.3. The zero-order chi connectivity index (χ0) is 12.7. The van der Waals surface area contributed by atoms with Crippen molar-refractivity contribution in [2.75, 3.05) is 25.4 Å². The summed E-state index contributed by atoms with van der Waals surface area (Å²) < 4.78 is 0. The van der Waals surface area contributed by atoms with E-state index in [1.54, 1.807) is 0 Å². The van der Waals surface area contributed by atoms with Crippen LogP contribution in [0.1, 0.15) is 6.92 Å². The predicted molar refractivity (Wildman–Crippen MR) is 64.6 cm³/mol. The molecule has 17 heavy (non-hydrogen) atoms. The van der Waals surface area contributed by atoms with E-state index < -0.39 is 11.8 Å². The van der Waals surface area contributed by atoms with Crippen molar-refractivity contribution in [1.29, 1.82) is 0 Å². The van der Waals surface area contributed by atoms with Crippen molar-refractivity contribution in [2.24, 2.45) is 4.99 Å². The largest absolute Gasteiger partial charge is 0.355 e. The highest BCUT2D eigenvalue weighted by Crippen LogP contribution is 2.08. The van der Waals surface area contributed by atoms with Gasteiger partial charge in [-0.05, 0) is 0 Å². The Morgan fingerprint density at radius 3 is 2.53 bits per heavy atom. The molecule has 1 rings (SSSR count). The summed E-state index contributed by atoms with van der Waals surface area (Å²) in [7, 11) is 0. The van der Waals surface area contributed by atoms with Crippen LogP contribution in [0.4, 0.5) is 0 Å². The maximum Gasteiger partial charge on any atom is 0.315 e. The second kappa shape index (κ2) is 6.89. The molecule has 1 aliphatic heterocycles. The molecule has 1 aliphatic rings. The minimum Gasteiger partial charge on any atom is -0.355 e. The monoisotopic (exact) mass is 258 g/mol. The predicted octanol–water partition coefficient (Wildman–Crippen LogP) is -1.54. The number of hydrogen-bond donors (Lipinski definition) is 3. The molecule has 1 heterocycles. The fourth-order valence-corrected chi connectivity index (χ4v) is 1.78. The number of nitrogens with zero attached hydrogens (tertiary/aromatic N) is 1. The first kappa shape index (κ1) is 13.5. The first-order valence-corrected chi connectivity index (χ1v) is 6.09. The number of aliphatic imine (C=N–C) groups is 1. The van der Waals surface area contributed by atoms with Crippen molar-refractivity contribution in [3.63, 3.8) is 0 Å². The van der Waals surface area contributed by atoms with Crippen LogP contribution in [-0.2, 0) is 14.4 Å². The van der Waals surface area contributed by atoms with Gasteiger partial charge in [0, 0.05) is 25.8 Å². The van der Waals surface area contributed by atoms with Gasteiger partial charge in [0.15, 0.2) is 5.17 Å². The van der Waals surface area contributed by atoms with Crippen LogP contribution >= 0.6 is 11.8 Å². The van der Waals surface area contributed by atoms with E-state index in [0.717, 1.165) is 5.75 Å². The minimum atomic E-state index is -0.735. The fourth-order valence-electron chi connectivity index (χ4n) is 1.06. The molecule has 3 amide bonds. The van der Waals surface area contributed by atoms with Crippen molar-refractivity contribution in [3.8, 4) is 0 Å². The number of carbonyl (C=O) groups excluding carboxylic acids is 3. The second-order valence-electron chi connectivity index (χ2n) is 3.23. The van der Waals surface area contributed by atoms with Crippen LogP contribution in [0.25, 0.3) is 0 Å². The van der Waals surface area contributed by atoms with Gasteiger partial charge in [-0.25, -0.2) is 0 Å². The molecule has 8 heteroatoms. The van der Waals surface area contributed by atoms with Crippen LogP contribution < -0.4 is 16.0 Å². The second-order valence-corrected chi connectivity index (χ2v) is 4.31. The molecule has 0 atom stereocenters. The van der Waals surface area contributed by atoms with Gasteiger partial charge >= 0.3 is 11.8 Å². The van der Waals surface area contributed by atoms with Gasteiger partial charge in [-0.3, -0.25) is 24.7 Å². The Hall–Kier alpha value is -1.57. The summed E-state index contributed by atoms with van der Waals surface area (Å²) in [6, 6.07) is 0. The Kier molecular flexibility index (Phi) is 5.47. The molecule has 0 aromatic rings. The fraction of sp³-hybridized carbons (Fsp3) is 0.556. The van der Waals surface area contributed by atoms with E-state index in [2.05, 4.69) is 20.9 Å². The van der Waals surface area contributed by atoms with E-state index in [-0.39, 0.29) is 12.5 Å². The summed E-state index contributed by atoms with van der Waals surface area (Å²) in [4.78, 5) is 37.1. The molecular weight excluding hydrogens is 244 g/mol. The lowest BCUT2D eigenvalue weighted by atomic mass is 10.5. The van der Waals surface area contributed by atoms with Crippen molar-refractivity contribution in [2.45, 2.75) is 6.92 Å². The van der Waals surface area contributed by atoms with E-state index in [9.17, 15) is 14.4 Å². The molecule has 0 aromatic carbocycles. The van der Waals surface area contributed by atoms with Crippen LogP contribution in [-0.4, -0.2) is 48.3 Å². The molecule has 0 bridgehead atoms. The average Bonchev–Trinajstić information content (AvgIpc) is 2.76. The van der Waals surface area contributed by atoms with E-state index >= 15 is 0 Å². The first-order chi connectivity index (χ1) is 8.09. The normalized spacial score (nSPS) is 13.8. The lowest BCUT2D eigenvalue weighted by molar-refractivity contribution is -0.138. The Morgan fingerprint density at radius 1 is 1.24 bits per heavy atom. The molecule has 0 spiro atoms. The van der Waals surface area contributed by atoms with Gasteiger partial charge in [-0.1, -0.05) is 11.8 Å². The number of thioether (sulfide) groups is 1. The summed E-state index contributed by atoms with van der Waals surface area (Å²) in [6.45, 7) is 2.55. The highest BCUT2D eigenvalue weighted by Gasteiger charge is 2.16. The SMILES string of the molecule is CC(=O)NCCNC(=O)C(=O)NC1=NCCS1. The molecular formula is C9H14N4O3S. The van der Waals surface area contributed by atoms with Gasteiger partial charge in [-0.15, -0.1) is 0 Å². The summed E-state index contributed by atoms with van der Waals surface area (Å²) in [5.41, 5.74) is 0. The zero-order valence-corrected chi connectivity index (χ0v) is 10.2. The number of nitrogens with one attached hydrogen (secondary N) is 3. The third-order valence-electron chi connectivity index (χ3n) is 1.80. The van der Waals surface area contributed by atoms with E-state index in [1.165, 1.54) is 18.7 Å². The summed E-state index contributed by atoms with van der Waals surface area (Å²) in [5.74, 6) is -0.827. The summed E-state index contributed by atoms with van der Waals surface area (Å²) in [5, 5.41) is 7.76. The topological polar surface area (TPSA) is 99.7 Å². The summed E-state index contributed by atoms with van der Waals surface area (Å²) >= 11 is 1.40. The van der Waals surface area contributed by atoms with E-state index in [4.69, 9.17) is 0 Å². The van der Waals surface area contributed by atoms with E-state index in [0.29, 0.717) is 18.3 Å². The third-order valence-corrected chi connectivity index (χ3v) is 2.69. The molecule has 0 unspecified atom stereocenters. The molecule has 0 saturated heterocycles. The van der Waals surface area contributed by atoms with Gasteiger partial charge in [0.05, 0.1) is 6.54 Å². The Labute approximate surface area is 103 Å². The number of carbonyl (C=O) groups is 3. The minimum absolute atomic E-state index is 0.180. The smallest absolute Gasteiger partial charge is 0.315 e. The Bertz CT molecular complexity index is 356. The van der Waals surface area contributed by atoms with Gasteiger partial charge in [0.25, 0.3) is 0 Å². The van der Waals surface area contributed by atoms with Gasteiger partial charge in [-0.2, -0.15) is 0 Å². The zero-order valence-electron chi connectivity index (χ0n) is 9.41. The van der Waals surface area contributed by atoms with Crippen LogP contribution in [0, 0.1) is 0 Å². The average molecular weight is 258 g/mol. The molecule has 94 valence electrons. The molecule has 0 aromatic heterocycles. The highest BCUT2D eigenvalue weighted by atomic mass is 32.2. The quantitative estimate of drug-likeness (QED) is 0.422. The lowest BCUT2D eigenvalue weighted by Gasteiger charge is -2.05. The van der Waals surface area contributed by atoms with Crippen molar-refractivity contribution < 1.29 is 14.4 Å². The number of amides is 3. The molecule has 0 fully saturated rings. The molecule has 3 N–H and O–H groups in total. The van der Waals surface area contributed by atoms with E-state index in [1.807, 2.05) is 0 Å². The van der Waals surface area contributed by atoms with Gasteiger partial charge in [0.2, 0.25) is 5.91 Å². The van der Waals surface area contributed by atoms with Crippen LogP contribution in [0.2, 0.25) is 0 Å². The molecule has 0 saturated carbocycles. The molecule has 7 nitrogen and oxygen atoms in total. The highest BCUT2D eigenvalue weighted by molar-refractivity contribution is 8.14. The Morgan fingerprint density at radius 2 is 1.94 bits per heavy atom. The van der Waals surface area contributed by atoms with Gasteiger partial charge < -0.3 is 10.6 Å². The maximum atomic E-state index is 11.3. The van der Waals surface area contributed by atoms with Crippen molar-refractivity contribution in [3.05, 3.63) is 0 Å². The number of rotatable bonds is 3. The number of hydrogen-bond acceptors (Lipinski definition) is 5. The van der Waals surface area contributed by atoms with Crippen LogP contribution in [0.15, 0.2) is 4.99 Å². The number of amidine groups is 1. The van der Waals surface area contributed by atoms with Gasteiger partial charge in [0.1, 0.15) is 0 Å². The molecule has 0 radical (unpaired) electrons. The standard InChI is InChI=1S/C9H14N4O3S/c1-6(14)10-2-3-11-7(15)8(16)13-9-12-4-5-17-9/h2-5H2,1H3,(H,10,14)(H,11,15)(H,12,13,16). The van der Waals surface area contributed by atoms with Crippen molar-refractivity contribution in [1.82, 2.24) is 16.0 Å². The summed E-state index contributed by atoms with van der Waals surface area (Å²) in [6.07, 6.45) is 0.